The molecule has 1 saturated carbocycles. The van der Waals surface area contributed by atoms with Gasteiger partial charge in [0.1, 0.15) is 12.0 Å². The second-order valence-corrected chi connectivity index (χ2v) is 12.7. The first kappa shape index (κ1) is 26.5. The minimum atomic E-state index is -3.06. The molecule has 1 unspecified atom stereocenters. The topological polar surface area (TPSA) is 73.7 Å². The van der Waals surface area contributed by atoms with Crippen molar-refractivity contribution in [1.29, 1.82) is 0 Å². The summed E-state index contributed by atoms with van der Waals surface area (Å²) in [6.07, 6.45) is 10.0. The average molecular weight is 518 g/mol. The molecule has 0 bridgehead atoms. The van der Waals surface area contributed by atoms with E-state index in [1.54, 1.807) is 0 Å². The molecule has 1 aromatic carbocycles. The van der Waals surface area contributed by atoms with Gasteiger partial charge in [-0.2, -0.15) is 0 Å². The molecule has 2 heterocycles. The zero-order valence-corrected chi connectivity index (χ0v) is 22.8. The number of hydrogen-bond donors (Lipinski definition) is 0. The third kappa shape index (κ3) is 7.01. The minimum Gasteiger partial charge on any atom is -0.306 e. The number of nitrogens with zero attached hydrogens (tertiary/aromatic N) is 3. The predicted molar refractivity (Wildman–Crippen MR) is 142 cm³/mol. The van der Waals surface area contributed by atoms with E-state index in [9.17, 15) is 4.57 Å². The van der Waals surface area contributed by atoms with Crippen LogP contribution in [-0.4, -0.2) is 34.6 Å². The van der Waals surface area contributed by atoms with Gasteiger partial charge >= 0.3 is 7.60 Å². The van der Waals surface area contributed by atoms with Crippen LogP contribution in [0.4, 0.5) is 5.69 Å². The summed E-state index contributed by atoms with van der Waals surface area (Å²) in [7, 11) is -3.06. The summed E-state index contributed by atoms with van der Waals surface area (Å²) in [4.78, 5) is 12.8. The number of aliphatic imine (C=N–C) groups is 1. The lowest BCUT2D eigenvalue weighted by Crippen LogP contribution is -2.20. The Morgan fingerprint density at radius 2 is 1.66 bits per heavy atom. The van der Waals surface area contributed by atoms with Crippen molar-refractivity contribution in [3.63, 3.8) is 0 Å². The molecular formula is C27H37ClN3O3P. The van der Waals surface area contributed by atoms with Crippen LogP contribution >= 0.6 is 19.2 Å². The number of aryl methyl sites for hydroxylation is 1. The Balaban J connectivity index is 1.28. The summed E-state index contributed by atoms with van der Waals surface area (Å²) in [5, 5.41) is 0.426. The highest BCUT2D eigenvalue weighted by molar-refractivity contribution is 7.53. The predicted octanol–water partition coefficient (Wildman–Crippen LogP) is 7.88. The lowest BCUT2D eigenvalue weighted by molar-refractivity contribution is 0.138. The molecule has 2 aliphatic rings. The van der Waals surface area contributed by atoms with Gasteiger partial charge in [-0.15, -0.1) is 0 Å². The second-order valence-electron chi connectivity index (χ2n) is 10.4. The van der Waals surface area contributed by atoms with Crippen LogP contribution in [-0.2, 0) is 20.0 Å². The first-order valence-electron chi connectivity index (χ1n) is 12.8. The highest BCUT2D eigenvalue weighted by Crippen LogP contribution is 2.54. The Bertz CT molecular complexity index is 1050. The van der Waals surface area contributed by atoms with Gasteiger partial charge in [0.05, 0.1) is 24.1 Å². The quantitative estimate of drug-likeness (QED) is 0.237. The molecule has 4 rings (SSSR count). The molecular weight excluding hydrogens is 481 g/mol. The van der Waals surface area contributed by atoms with Gasteiger partial charge in [0, 0.05) is 12.1 Å². The zero-order chi connectivity index (χ0) is 25.0. The van der Waals surface area contributed by atoms with Crippen LogP contribution < -0.4 is 0 Å². The molecule has 0 saturated heterocycles. The van der Waals surface area contributed by atoms with Crippen molar-refractivity contribution in [2.24, 2.45) is 10.9 Å². The van der Waals surface area contributed by atoms with Crippen molar-refractivity contribution in [3.8, 4) is 0 Å². The monoisotopic (exact) mass is 517 g/mol. The lowest BCUT2D eigenvalue weighted by atomic mass is 9.79. The Kier molecular flexibility index (Phi) is 8.80. The van der Waals surface area contributed by atoms with Gasteiger partial charge in [-0.25, -0.2) is 9.97 Å². The van der Waals surface area contributed by atoms with Crippen LogP contribution in [0.5, 0.6) is 0 Å². The SMILES string of the molecule is CC(C)OP(=O)(CC1CCC(c2ccc(CCC3C=Nc4c(Cl)ncnc43)cc2)CC1)OC(C)C. The van der Waals surface area contributed by atoms with E-state index < -0.39 is 7.60 Å². The van der Waals surface area contributed by atoms with Gasteiger partial charge in [0.15, 0.2) is 5.15 Å². The highest BCUT2D eigenvalue weighted by Gasteiger charge is 2.34. The van der Waals surface area contributed by atoms with Crippen molar-refractivity contribution >= 4 is 31.1 Å². The Hall–Kier alpha value is -1.59. The number of hydrogen-bond acceptors (Lipinski definition) is 6. The van der Waals surface area contributed by atoms with Gasteiger partial charge in [-0.3, -0.25) is 9.56 Å². The Morgan fingerprint density at radius 3 is 2.29 bits per heavy atom. The molecule has 6 nitrogen and oxygen atoms in total. The van der Waals surface area contributed by atoms with E-state index in [1.165, 1.54) is 17.5 Å². The number of aromatic nitrogens is 2. The number of halogens is 1. The van der Waals surface area contributed by atoms with E-state index in [-0.39, 0.29) is 18.1 Å². The second kappa shape index (κ2) is 11.6. The molecule has 1 aliphatic carbocycles. The molecule has 0 amide bonds. The number of fused-ring (bicyclic) bond motifs is 1. The summed E-state index contributed by atoms with van der Waals surface area (Å²) in [5.74, 6) is 1.14. The maximum atomic E-state index is 13.3. The van der Waals surface area contributed by atoms with E-state index in [2.05, 4.69) is 39.2 Å². The van der Waals surface area contributed by atoms with Crippen molar-refractivity contribution in [2.45, 2.75) is 90.3 Å². The molecule has 0 radical (unpaired) electrons. The fourth-order valence-electron chi connectivity index (χ4n) is 5.23. The molecule has 0 N–H and O–H groups in total. The van der Waals surface area contributed by atoms with Gasteiger partial charge in [0.2, 0.25) is 0 Å². The third-order valence-corrected chi connectivity index (χ3v) is 9.53. The van der Waals surface area contributed by atoms with Crippen LogP contribution in [0.15, 0.2) is 35.6 Å². The van der Waals surface area contributed by atoms with Crippen molar-refractivity contribution in [3.05, 3.63) is 52.6 Å². The van der Waals surface area contributed by atoms with Gasteiger partial charge in [-0.1, -0.05) is 35.9 Å². The average Bonchev–Trinajstić information content (AvgIpc) is 3.22. The maximum Gasteiger partial charge on any atom is 0.331 e. The highest BCUT2D eigenvalue weighted by atomic mass is 35.5. The Labute approximate surface area is 214 Å². The molecule has 8 heteroatoms. The molecule has 190 valence electrons. The van der Waals surface area contributed by atoms with E-state index in [1.807, 2.05) is 33.9 Å². The summed E-state index contributed by atoms with van der Waals surface area (Å²) in [6.45, 7) is 7.67. The van der Waals surface area contributed by atoms with Crippen LogP contribution in [0.3, 0.4) is 0 Å². The van der Waals surface area contributed by atoms with E-state index in [0.29, 0.717) is 28.8 Å². The van der Waals surface area contributed by atoms with Crippen molar-refractivity contribution in [1.82, 2.24) is 9.97 Å². The first-order valence-corrected chi connectivity index (χ1v) is 14.9. The molecule has 1 aliphatic heterocycles. The molecule has 0 spiro atoms. The first-order chi connectivity index (χ1) is 16.7. The number of benzene rings is 1. The third-order valence-electron chi connectivity index (χ3n) is 6.81. The van der Waals surface area contributed by atoms with Crippen LogP contribution in [0, 0.1) is 5.92 Å². The molecule has 1 atom stereocenters. The molecule has 35 heavy (non-hydrogen) atoms. The summed E-state index contributed by atoms with van der Waals surface area (Å²) < 4.78 is 24.8. The van der Waals surface area contributed by atoms with Gasteiger partial charge in [-0.05, 0) is 89.2 Å². The standard InChI is InChI=1S/C27H37ClN3O3P/c1-18(2)33-35(32,34-19(3)4)16-21-8-12-23(13-9-21)22-10-5-20(6-11-22)7-14-24-15-29-26-25(24)30-17-31-27(26)28/h5-6,10-11,15,17-19,21,23-24H,7-9,12-14,16H2,1-4H3. The van der Waals surface area contributed by atoms with E-state index in [4.69, 9.17) is 20.6 Å². The van der Waals surface area contributed by atoms with E-state index >= 15 is 0 Å². The summed E-state index contributed by atoms with van der Waals surface area (Å²) in [6, 6.07) is 9.07. The fourth-order valence-corrected chi connectivity index (χ4v) is 7.93. The largest absolute Gasteiger partial charge is 0.331 e. The summed E-state index contributed by atoms with van der Waals surface area (Å²) in [5.41, 5.74) is 4.37. The number of rotatable bonds is 10. The summed E-state index contributed by atoms with van der Waals surface area (Å²) >= 11 is 6.13. The zero-order valence-electron chi connectivity index (χ0n) is 21.2. The van der Waals surface area contributed by atoms with Gasteiger partial charge in [0.25, 0.3) is 0 Å². The van der Waals surface area contributed by atoms with Gasteiger partial charge < -0.3 is 9.05 Å². The normalized spacial score (nSPS) is 22.2. The fraction of sp³-hybridized carbons (Fsp3) is 0.593. The molecule has 1 aromatic heterocycles. The smallest absolute Gasteiger partial charge is 0.306 e. The lowest BCUT2D eigenvalue weighted by Gasteiger charge is -2.32. The van der Waals surface area contributed by atoms with Crippen LogP contribution in [0.2, 0.25) is 5.15 Å². The molecule has 1 fully saturated rings. The van der Waals surface area contributed by atoms with Crippen molar-refractivity contribution in [2.75, 3.05) is 6.16 Å². The van der Waals surface area contributed by atoms with Crippen LogP contribution in [0.25, 0.3) is 0 Å². The van der Waals surface area contributed by atoms with Crippen molar-refractivity contribution < 1.29 is 13.6 Å². The van der Waals surface area contributed by atoms with Crippen LogP contribution in [0.1, 0.15) is 88.5 Å². The minimum absolute atomic E-state index is 0.101. The molecule has 2 aromatic rings. The Morgan fingerprint density at radius 1 is 1.00 bits per heavy atom. The van der Waals surface area contributed by atoms with E-state index in [0.717, 1.165) is 44.2 Å². The maximum absolute atomic E-state index is 13.3.